The molecule has 0 bridgehead atoms. The Morgan fingerprint density at radius 3 is 2.24 bits per heavy atom. The van der Waals surface area contributed by atoms with Gasteiger partial charge >= 0.3 is 5.97 Å². The van der Waals surface area contributed by atoms with Gasteiger partial charge in [-0.3, -0.25) is 4.79 Å². The molecule has 0 saturated carbocycles. The van der Waals surface area contributed by atoms with Crippen LogP contribution in [-0.4, -0.2) is 37.2 Å². The van der Waals surface area contributed by atoms with Crippen LogP contribution >= 0.6 is 0 Å². The van der Waals surface area contributed by atoms with Gasteiger partial charge in [-0.25, -0.2) is 4.79 Å². The van der Waals surface area contributed by atoms with Crippen LogP contribution in [0.15, 0.2) is 72.8 Å². The summed E-state index contributed by atoms with van der Waals surface area (Å²) in [7, 11) is 0. The molecule has 3 aromatic carbocycles. The van der Waals surface area contributed by atoms with Gasteiger partial charge in [-0.1, -0.05) is 68.4 Å². The van der Waals surface area contributed by atoms with Crippen LogP contribution in [0, 0.1) is 5.92 Å². The lowest BCUT2D eigenvalue weighted by Gasteiger charge is -2.34. The smallest absolute Gasteiger partial charge is 0.349 e. The molecule has 3 aromatic rings. The van der Waals surface area contributed by atoms with Gasteiger partial charge in [0.2, 0.25) is 5.91 Å². The summed E-state index contributed by atoms with van der Waals surface area (Å²) in [6.45, 7) is 11.9. The predicted octanol–water partition coefficient (Wildman–Crippen LogP) is 7.51. The zero-order valence-electron chi connectivity index (χ0n) is 25.8. The summed E-state index contributed by atoms with van der Waals surface area (Å²) in [6.07, 6.45) is 4.75. The normalized spacial score (nSPS) is 14.4. The summed E-state index contributed by atoms with van der Waals surface area (Å²) < 4.78 is 11.0. The first-order valence-corrected chi connectivity index (χ1v) is 15.3. The maximum Gasteiger partial charge on any atom is 0.349 e. The van der Waals surface area contributed by atoms with Crippen molar-refractivity contribution in [3.8, 4) is 16.9 Å². The molecule has 224 valence electrons. The van der Waals surface area contributed by atoms with E-state index < -0.39 is 11.6 Å². The van der Waals surface area contributed by atoms with E-state index in [2.05, 4.69) is 66.5 Å². The Bertz CT molecular complexity index is 1310. The highest BCUT2D eigenvalue weighted by molar-refractivity contribution is 5.80. The van der Waals surface area contributed by atoms with Crippen LogP contribution in [0.4, 0.5) is 5.69 Å². The minimum absolute atomic E-state index is 0.0158. The van der Waals surface area contributed by atoms with Gasteiger partial charge in [0, 0.05) is 18.8 Å². The highest BCUT2D eigenvalue weighted by Gasteiger charge is 2.31. The molecule has 1 aliphatic rings. The van der Waals surface area contributed by atoms with Crippen LogP contribution in [0.5, 0.6) is 5.75 Å². The van der Waals surface area contributed by atoms with E-state index >= 15 is 0 Å². The maximum atomic E-state index is 13.4. The van der Waals surface area contributed by atoms with Gasteiger partial charge in [0.15, 0.2) is 5.60 Å². The van der Waals surface area contributed by atoms with E-state index in [9.17, 15) is 9.59 Å². The number of esters is 1. The zero-order valence-corrected chi connectivity index (χ0v) is 25.8. The lowest BCUT2D eigenvalue weighted by molar-refractivity contribution is -0.158. The Morgan fingerprint density at radius 1 is 0.905 bits per heavy atom. The van der Waals surface area contributed by atoms with Crippen LogP contribution in [-0.2, 0) is 20.7 Å². The average molecular weight is 571 g/mol. The van der Waals surface area contributed by atoms with Crippen molar-refractivity contribution >= 4 is 17.6 Å². The number of nitrogens with zero attached hydrogens (tertiary/aromatic N) is 1. The van der Waals surface area contributed by atoms with Crippen LogP contribution < -0.4 is 15.0 Å². The number of amides is 1. The van der Waals surface area contributed by atoms with E-state index in [0.717, 1.165) is 25.1 Å². The minimum Gasteiger partial charge on any atom is -0.476 e. The molecule has 0 aromatic heterocycles. The molecule has 1 heterocycles. The lowest BCUT2D eigenvalue weighted by atomic mass is 9.92. The third kappa shape index (κ3) is 8.37. The number of anilines is 1. The first-order valence-electron chi connectivity index (χ1n) is 15.3. The van der Waals surface area contributed by atoms with Crippen LogP contribution in [0.25, 0.3) is 11.1 Å². The number of carbonyl (C=O) groups is 2. The highest BCUT2D eigenvalue weighted by atomic mass is 16.6. The predicted molar refractivity (Wildman–Crippen MR) is 170 cm³/mol. The number of nitrogens with one attached hydrogen (secondary N) is 1. The topological polar surface area (TPSA) is 67.9 Å². The summed E-state index contributed by atoms with van der Waals surface area (Å²) in [5.74, 6) is 0.542. The number of piperidine rings is 1. The van der Waals surface area contributed by atoms with Crippen LogP contribution in [0.3, 0.4) is 0 Å². The van der Waals surface area contributed by atoms with Crippen molar-refractivity contribution in [2.45, 2.75) is 78.4 Å². The number of carbonyl (C=O) groups excluding carboxylic acids is 2. The number of benzene rings is 3. The van der Waals surface area contributed by atoms with Gasteiger partial charge in [-0.15, -0.1) is 0 Å². The Morgan fingerprint density at radius 2 is 1.60 bits per heavy atom. The maximum absolute atomic E-state index is 13.4. The molecule has 1 amide bonds. The van der Waals surface area contributed by atoms with E-state index in [1.165, 1.54) is 41.6 Å². The van der Waals surface area contributed by atoms with E-state index in [1.54, 1.807) is 32.9 Å². The molecule has 6 nitrogen and oxygen atoms in total. The molecule has 0 radical (unpaired) electrons. The van der Waals surface area contributed by atoms with Gasteiger partial charge < -0.3 is 19.7 Å². The summed E-state index contributed by atoms with van der Waals surface area (Å²) in [5, 5.41) is 3.38. The van der Waals surface area contributed by atoms with Crippen molar-refractivity contribution in [1.29, 1.82) is 0 Å². The van der Waals surface area contributed by atoms with Crippen molar-refractivity contribution in [3.05, 3.63) is 83.9 Å². The third-order valence-electron chi connectivity index (χ3n) is 7.68. The van der Waals surface area contributed by atoms with Crippen molar-refractivity contribution in [2.75, 3.05) is 24.6 Å². The largest absolute Gasteiger partial charge is 0.476 e. The molecule has 6 heteroatoms. The minimum atomic E-state index is -1.10. The van der Waals surface area contributed by atoms with Gasteiger partial charge in [0.25, 0.3) is 0 Å². The molecule has 4 rings (SSSR count). The summed E-state index contributed by atoms with van der Waals surface area (Å²) >= 11 is 0. The van der Waals surface area contributed by atoms with Gasteiger partial charge in [0.05, 0.1) is 19.1 Å². The molecule has 1 N–H and O–H groups in total. The van der Waals surface area contributed by atoms with Crippen molar-refractivity contribution in [3.63, 3.8) is 0 Å². The quantitative estimate of drug-likeness (QED) is 0.228. The van der Waals surface area contributed by atoms with E-state index in [0.29, 0.717) is 18.3 Å². The fraction of sp³-hybridized carbons (Fsp3) is 0.444. The summed E-state index contributed by atoms with van der Waals surface area (Å²) in [6, 6.07) is 24.5. The van der Waals surface area contributed by atoms with E-state index in [1.807, 2.05) is 18.2 Å². The van der Waals surface area contributed by atoms with Gasteiger partial charge in [0.1, 0.15) is 5.75 Å². The average Bonchev–Trinajstić information content (AvgIpc) is 2.98. The molecule has 1 fully saturated rings. The van der Waals surface area contributed by atoms with E-state index in [4.69, 9.17) is 9.47 Å². The van der Waals surface area contributed by atoms with Crippen molar-refractivity contribution < 1.29 is 19.1 Å². The number of ether oxygens (including phenoxy) is 2. The summed E-state index contributed by atoms with van der Waals surface area (Å²) in [4.78, 5) is 28.1. The molecule has 42 heavy (non-hydrogen) atoms. The zero-order chi connectivity index (χ0) is 30.1. The second kappa shape index (κ2) is 14.4. The fourth-order valence-corrected chi connectivity index (χ4v) is 5.54. The Balaban J connectivity index is 1.52. The van der Waals surface area contributed by atoms with Gasteiger partial charge in [-0.05, 0) is 92.8 Å². The van der Waals surface area contributed by atoms with Gasteiger partial charge in [-0.2, -0.15) is 0 Å². The monoisotopic (exact) mass is 570 g/mol. The van der Waals surface area contributed by atoms with Crippen molar-refractivity contribution in [1.82, 2.24) is 5.32 Å². The molecule has 0 spiro atoms. The van der Waals surface area contributed by atoms with Crippen molar-refractivity contribution in [2.24, 2.45) is 5.92 Å². The Kier molecular flexibility index (Phi) is 10.7. The second-order valence-electron chi connectivity index (χ2n) is 12.1. The number of rotatable bonds is 12. The Labute approximate surface area is 251 Å². The first-order chi connectivity index (χ1) is 20.2. The Hall–Kier alpha value is -3.80. The third-order valence-corrected chi connectivity index (χ3v) is 7.68. The first kappa shape index (κ1) is 31.1. The lowest BCUT2D eigenvalue weighted by Crippen LogP contribution is -2.39. The standard InChI is InChI=1S/C36H46N2O4/c1-6-41-35(40)36(4,5)42-30-18-15-27(16-19-30)24-34(39)37-32(23-26(2)3)31-20-17-29(28-13-9-7-10-14-28)25-33(31)38-21-11-8-12-22-38/h7,9-10,13-20,25-26,32H,6,8,11-12,21-24H2,1-5H3,(H,37,39). The molecule has 1 atom stereocenters. The molecule has 1 saturated heterocycles. The second-order valence-corrected chi connectivity index (χ2v) is 12.1. The molecular formula is C36H46N2O4. The number of hydrogen-bond acceptors (Lipinski definition) is 5. The fourth-order valence-electron chi connectivity index (χ4n) is 5.54. The van der Waals surface area contributed by atoms with E-state index in [-0.39, 0.29) is 18.4 Å². The SMILES string of the molecule is CCOC(=O)C(C)(C)Oc1ccc(CC(=O)NC(CC(C)C)c2ccc(-c3ccccc3)cc2N2CCCCC2)cc1. The summed E-state index contributed by atoms with van der Waals surface area (Å²) in [5.41, 5.74) is 4.60. The van der Waals surface area contributed by atoms with Crippen LogP contribution in [0.2, 0.25) is 0 Å². The molecular weight excluding hydrogens is 524 g/mol. The highest BCUT2D eigenvalue weighted by Crippen LogP contribution is 2.36. The number of hydrogen-bond donors (Lipinski definition) is 1. The molecule has 1 aliphatic heterocycles. The van der Waals surface area contributed by atoms with Crippen LogP contribution in [0.1, 0.15) is 77.5 Å². The molecule has 0 aliphatic carbocycles. The molecule has 1 unspecified atom stereocenters.